The van der Waals surface area contributed by atoms with Crippen molar-refractivity contribution < 1.29 is 4.74 Å². The number of hydrogen-bond acceptors (Lipinski definition) is 1. The molecular weight excluding hydrogens is 275 g/mol. The van der Waals surface area contributed by atoms with Gasteiger partial charge in [0.1, 0.15) is 0 Å². The van der Waals surface area contributed by atoms with Crippen molar-refractivity contribution in [2.45, 2.75) is 74.9 Å². The normalized spacial score (nSPS) is 45.5. The molecule has 1 aliphatic heterocycles. The van der Waals surface area contributed by atoms with Gasteiger partial charge < -0.3 is 4.74 Å². The predicted molar refractivity (Wildman–Crippen MR) is 84.7 cm³/mol. The Hall–Kier alpha value is 0.680. The van der Waals surface area contributed by atoms with Crippen LogP contribution in [0.5, 0.6) is 0 Å². The van der Waals surface area contributed by atoms with Gasteiger partial charge in [0.05, 0.1) is 5.34 Å². The quantitative estimate of drug-likeness (QED) is 0.517. The van der Waals surface area contributed by atoms with E-state index in [0.29, 0.717) is 5.38 Å². The standard InChI is InChI=1S/C16H28ClOP/c17-14-8-6-13(7-9-14)16(19)15(10-11-18-16)12-4-2-1-3-5-12/h12-15H,1-11,19H2. The maximum Gasteiger partial charge on any atom is 0.0872 e. The molecule has 3 rings (SSSR count). The van der Waals surface area contributed by atoms with E-state index in [2.05, 4.69) is 9.24 Å². The molecule has 1 nitrogen and oxygen atoms in total. The van der Waals surface area contributed by atoms with Crippen LogP contribution in [0.2, 0.25) is 0 Å². The second kappa shape index (κ2) is 6.20. The third kappa shape index (κ3) is 2.99. The maximum absolute atomic E-state index is 6.30. The molecule has 2 saturated carbocycles. The molecule has 0 spiro atoms. The van der Waals surface area contributed by atoms with E-state index in [1.54, 1.807) is 0 Å². The van der Waals surface area contributed by atoms with Crippen LogP contribution in [0, 0.1) is 17.8 Å². The first-order chi connectivity index (χ1) is 9.20. The Kier molecular flexibility index (Phi) is 4.77. The Morgan fingerprint density at radius 3 is 2.26 bits per heavy atom. The minimum Gasteiger partial charge on any atom is -0.370 e. The Morgan fingerprint density at radius 1 is 0.895 bits per heavy atom. The van der Waals surface area contributed by atoms with Gasteiger partial charge in [-0.3, -0.25) is 0 Å². The smallest absolute Gasteiger partial charge is 0.0872 e. The topological polar surface area (TPSA) is 9.23 Å². The van der Waals surface area contributed by atoms with Crippen molar-refractivity contribution in [1.82, 2.24) is 0 Å². The van der Waals surface area contributed by atoms with Crippen molar-refractivity contribution in [2.24, 2.45) is 17.8 Å². The van der Waals surface area contributed by atoms with Crippen molar-refractivity contribution in [2.75, 3.05) is 6.61 Å². The highest BCUT2D eigenvalue weighted by Gasteiger charge is 2.49. The molecule has 3 aliphatic rings. The van der Waals surface area contributed by atoms with Crippen LogP contribution in [0.25, 0.3) is 0 Å². The zero-order chi connectivity index (χ0) is 13.3. The molecule has 0 N–H and O–H groups in total. The van der Waals surface area contributed by atoms with Gasteiger partial charge in [-0.2, -0.15) is 0 Å². The summed E-state index contributed by atoms with van der Waals surface area (Å²) >= 11 is 6.27. The minimum atomic E-state index is 0.0824. The predicted octanol–water partition coefficient (Wildman–Crippen LogP) is 4.97. The van der Waals surface area contributed by atoms with Crippen LogP contribution in [-0.2, 0) is 4.74 Å². The SMILES string of the molecule is PC1(C2CCC(Cl)CC2)OCCC1C1CCCCC1. The summed E-state index contributed by atoms with van der Waals surface area (Å²) in [5, 5.41) is 0.498. The van der Waals surface area contributed by atoms with E-state index >= 15 is 0 Å². The van der Waals surface area contributed by atoms with Crippen molar-refractivity contribution in [3.05, 3.63) is 0 Å². The minimum absolute atomic E-state index is 0.0824. The molecule has 3 unspecified atom stereocenters. The van der Waals surface area contributed by atoms with Gasteiger partial charge in [0, 0.05) is 12.0 Å². The van der Waals surface area contributed by atoms with Crippen LogP contribution in [0.15, 0.2) is 0 Å². The van der Waals surface area contributed by atoms with Gasteiger partial charge in [-0.05, 0) is 49.9 Å². The van der Waals surface area contributed by atoms with E-state index in [4.69, 9.17) is 16.3 Å². The zero-order valence-corrected chi connectivity index (χ0v) is 13.9. The Morgan fingerprint density at radius 2 is 1.58 bits per heavy atom. The number of alkyl halides is 1. The molecule has 0 amide bonds. The summed E-state index contributed by atoms with van der Waals surface area (Å²) in [7, 11) is 3.16. The van der Waals surface area contributed by atoms with Crippen LogP contribution in [-0.4, -0.2) is 17.3 Å². The largest absolute Gasteiger partial charge is 0.370 e. The summed E-state index contributed by atoms with van der Waals surface area (Å²) in [6.07, 6.45) is 13.4. The van der Waals surface area contributed by atoms with Gasteiger partial charge in [-0.1, -0.05) is 32.1 Å². The van der Waals surface area contributed by atoms with Gasteiger partial charge in [-0.15, -0.1) is 20.8 Å². The Labute approximate surface area is 125 Å². The summed E-state index contributed by atoms with van der Waals surface area (Å²) in [6.45, 7) is 0.978. The molecule has 2 aliphatic carbocycles. The third-order valence-electron chi connectivity index (χ3n) is 5.87. The van der Waals surface area contributed by atoms with Crippen LogP contribution >= 0.6 is 20.8 Å². The molecule has 1 heterocycles. The first-order valence-electron chi connectivity index (χ1n) is 8.27. The molecule has 0 aromatic rings. The Bertz CT molecular complexity index is 297. The van der Waals surface area contributed by atoms with Crippen molar-refractivity contribution in [3.63, 3.8) is 0 Å². The fourth-order valence-corrected chi connectivity index (χ4v) is 5.90. The van der Waals surface area contributed by atoms with Crippen molar-refractivity contribution in [1.29, 1.82) is 0 Å². The molecule has 0 aromatic carbocycles. The van der Waals surface area contributed by atoms with E-state index in [0.717, 1.165) is 24.4 Å². The lowest BCUT2D eigenvalue weighted by Gasteiger charge is -2.44. The average Bonchev–Trinajstić information content (AvgIpc) is 2.84. The summed E-state index contributed by atoms with van der Waals surface area (Å²) in [4.78, 5) is 0. The molecule has 3 fully saturated rings. The zero-order valence-electron chi connectivity index (χ0n) is 12.0. The fraction of sp³-hybridized carbons (Fsp3) is 1.00. The molecule has 0 bridgehead atoms. The molecule has 110 valence electrons. The molecule has 1 saturated heterocycles. The van der Waals surface area contributed by atoms with Crippen molar-refractivity contribution >= 4 is 20.8 Å². The highest BCUT2D eigenvalue weighted by atomic mass is 35.5. The highest BCUT2D eigenvalue weighted by Crippen LogP contribution is 2.54. The van der Waals surface area contributed by atoms with Crippen molar-refractivity contribution in [3.8, 4) is 0 Å². The lowest BCUT2D eigenvalue weighted by molar-refractivity contribution is -0.0218. The summed E-state index contributed by atoms with van der Waals surface area (Å²) in [6, 6.07) is 0. The first kappa shape index (κ1) is 14.6. The third-order valence-corrected chi connectivity index (χ3v) is 7.38. The molecule has 0 aromatic heterocycles. The van der Waals surface area contributed by atoms with Gasteiger partial charge >= 0.3 is 0 Å². The van der Waals surface area contributed by atoms with Crippen LogP contribution in [0.4, 0.5) is 0 Å². The van der Waals surface area contributed by atoms with Gasteiger partial charge in [-0.25, -0.2) is 0 Å². The van der Waals surface area contributed by atoms with E-state index < -0.39 is 0 Å². The monoisotopic (exact) mass is 302 g/mol. The molecule has 3 atom stereocenters. The van der Waals surface area contributed by atoms with E-state index in [1.165, 1.54) is 64.2 Å². The molecule has 3 heteroatoms. The molecular formula is C16H28ClOP. The maximum atomic E-state index is 6.30. The number of hydrogen-bond donors (Lipinski definition) is 0. The molecule has 19 heavy (non-hydrogen) atoms. The fourth-order valence-electron chi connectivity index (χ4n) is 4.76. The van der Waals surface area contributed by atoms with E-state index in [1.807, 2.05) is 0 Å². The first-order valence-corrected chi connectivity index (χ1v) is 9.28. The van der Waals surface area contributed by atoms with Gasteiger partial charge in [0.2, 0.25) is 0 Å². The Balaban J connectivity index is 1.69. The molecule has 0 radical (unpaired) electrons. The summed E-state index contributed by atoms with van der Waals surface area (Å²) in [5.41, 5.74) is 0. The summed E-state index contributed by atoms with van der Waals surface area (Å²) in [5.74, 6) is 2.43. The number of halogens is 1. The van der Waals surface area contributed by atoms with Crippen LogP contribution < -0.4 is 0 Å². The second-order valence-electron chi connectivity index (χ2n) is 6.94. The van der Waals surface area contributed by atoms with Crippen LogP contribution in [0.1, 0.15) is 64.2 Å². The number of ether oxygens (including phenoxy) is 1. The average molecular weight is 303 g/mol. The van der Waals surface area contributed by atoms with E-state index in [9.17, 15) is 0 Å². The lowest BCUT2D eigenvalue weighted by Crippen LogP contribution is -2.42. The van der Waals surface area contributed by atoms with E-state index in [-0.39, 0.29) is 5.34 Å². The van der Waals surface area contributed by atoms with Gasteiger partial charge in [0.25, 0.3) is 0 Å². The van der Waals surface area contributed by atoms with Crippen LogP contribution in [0.3, 0.4) is 0 Å². The highest BCUT2D eigenvalue weighted by molar-refractivity contribution is 7.18. The lowest BCUT2D eigenvalue weighted by atomic mass is 9.71. The summed E-state index contributed by atoms with van der Waals surface area (Å²) < 4.78 is 6.30. The van der Waals surface area contributed by atoms with Gasteiger partial charge in [0.15, 0.2) is 0 Å². The number of rotatable bonds is 2. The second-order valence-corrected chi connectivity index (χ2v) is 8.46.